The van der Waals surface area contributed by atoms with E-state index in [2.05, 4.69) is 66.0 Å². The van der Waals surface area contributed by atoms with Crippen molar-refractivity contribution in [2.75, 3.05) is 11.9 Å². The summed E-state index contributed by atoms with van der Waals surface area (Å²) in [6.45, 7) is 6.97. The van der Waals surface area contributed by atoms with E-state index in [9.17, 15) is 0 Å². The molecule has 1 aromatic rings. The highest BCUT2D eigenvalue weighted by Gasteiger charge is 2.25. The SMILES string of the molecule is CC1=Nc2ccccc2C(C)(C)CC1.OCCBr. The van der Waals surface area contributed by atoms with Crippen molar-refractivity contribution in [2.45, 2.75) is 39.0 Å². The van der Waals surface area contributed by atoms with E-state index in [-0.39, 0.29) is 12.0 Å². The zero-order valence-electron chi connectivity index (χ0n) is 11.4. The Labute approximate surface area is 118 Å². The fourth-order valence-electron chi connectivity index (χ4n) is 2.03. The van der Waals surface area contributed by atoms with Crippen molar-refractivity contribution in [3.63, 3.8) is 0 Å². The van der Waals surface area contributed by atoms with Crippen LogP contribution in [0.1, 0.15) is 39.2 Å². The predicted octanol–water partition coefficient (Wildman–Crippen LogP) is 4.22. The quantitative estimate of drug-likeness (QED) is 0.774. The number of nitrogens with zero attached hydrogens (tertiary/aromatic N) is 1. The van der Waals surface area contributed by atoms with Crippen LogP contribution < -0.4 is 0 Å². The summed E-state index contributed by atoms with van der Waals surface area (Å²) < 4.78 is 0. The smallest absolute Gasteiger partial charge is 0.0666 e. The lowest BCUT2D eigenvalue weighted by Gasteiger charge is -2.24. The van der Waals surface area contributed by atoms with Crippen molar-refractivity contribution < 1.29 is 5.11 Å². The normalized spacial score (nSPS) is 16.8. The van der Waals surface area contributed by atoms with E-state index >= 15 is 0 Å². The fraction of sp³-hybridized carbons (Fsp3) is 0.533. The monoisotopic (exact) mass is 311 g/mol. The van der Waals surface area contributed by atoms with Gasteiger partial charge in [-0.1, -0.05) is 48.0 Å². The molecule has 2 nitrogen and oxygen atoms in total. The van der Waals surface area contributed by atoms with Gasteiger partial charge in [0.15, 0.2) is 0 Å². The van der Waals surface area contributed by atoms with Crippen LogP contribution in [-0.2, 0) is 5.41 Å². The summed E-state index contributed by atoms with van der Waals surface area (Å²) >= 11 is 3.00. The third-order valence-electron chi connectivity index (χ3n) is 3.14. The molecule has 0 saturated heterocycles. The van der Waals surface area contributed by atoms with Crippen LogP contribution in [0, 0.1) is 0 Å². The summed E-state index contributed by atoms with van der Waals surface area (Å²) in [4.78, 5) is 4.65. The summed E-state index contributed by atoms with van der Waals surface area (Å²) in [5, 5.41) is 8.52. The molecule has 3 heteroatoms. The van der Waals surface area contributed by atoms with Gasteiger partial charge in [0.2, 0.25) is 0 Å². The molecule has 1 aliphatic rings. The molecule has 1 aliphatic heterocycles. The van der Waals surface area contributed by atoms with Gasteiger partial charge in [-0.05, 0) is 36.8 Å². The molecule has 0 aromatic heterocycles. The molecule has 18 heavy (non-hydrogen) atoms. The number of aliphatic hydroxyl groups is 1. The van der Waals surface area contributed by atoms with Crippen LogP contribution in [0.4, 0.5) is 5.69 Å². The van der Waals surface area contributed by atoms with Crippen LogP contribution in [0.15, 0.2) is 29.3 Å². The molecule has 0 radical (unpaired) electrons. The van der Waals surface area contributed by atoms with E-state index in [0.29, 0.717) is 5.33 Å². The number of fused-ring (bicyclic) bond motifs is 1. The first kappa shape index (κ1) is 15.4. The number of hydrogen-bond donors (Lipinski definition) is 1. The van der Waals surface area contributed by atoms with Gasteiger partial charge in [-0.2, -0.15) is 0 Å². The summed E-state index contributed by atoms with van der Waals surface area (Å²) in [7, 11) is 0. The van der Waals surface area contributed by atoms with Gasteiger partial charge in [0, 0.05) is 11.0 Å². The maximum atomic E-state index is 7.83. The Morgan fingerprint density at radius 2 is 1.94 bits per heavy atom. The van der Waals surface area contributed by atoms with E-state index in [1.807, 2.05) is 0 Å². The second-order valence-corrected chi connectivity index (χ2v) is 5.95. The number of aliphatic imine (C=N–C) groups is 1. The predicted molar refractivity (Wildman–Crippen MR) is 82.4 cm³/mol. The second-order valence-electron chi connectivity index (χ2n) is 5.16. The molecule has 1 aromatic carbocycles. The molecule has 0 fully saturated rings. The maximum absolute atomic E-state index is 7.83. The zero-order valence-corrected chi connectivity index (χ0v) is 13.0. The summed E-state index contributed by atoms with van der Waals surface area (Å²) in [5.41, 5.74) is 4.06. The molecular formula is C15H22BrNO. The third-order valence-corrected chi connectivity index (χ3v) is 3.50. The lowest BCUT2D eigenvalue weighted by atomic mass is 9.80. The summed E-state index contributed by atoms with van der Waals surface area (Å²) in [5.74, 6) is 0. The van der Waals surface area contributed by atoms with Gasteiger partial charge in [0.1, 0.15) is 0 Å². The zero-order chi connectivity index (χ0) is 13.6. The minimum atomic E-state index is 0.236. The molecule has 1 heterocycles. The van der Waals surface area contributed by atoms with Gasteiger partial charge in [0.25, 0.3) is 0 Å². The van der Waals surface area contributed by atoms with E-state index < -0.39 is 0 Å². The van der Waals surface area contributed by atoms with Crippen molar-refractivity contribution in [3.05, 3.63) is 29.8 Å². The van der Waals surface area contributed by atoms with Crippen LogP contribution >= 0.6 is 15.9 Å². The number of aliphatic hydroxyl groups excluding tert-OH is 1. The lowest BCUT2D eigenvalue weighted by Crippen LogP contribution is -2.16. The highest BCUT2D eigenvalue weighted by atomic mass is 79.9. The Morgan fingerprint density at radius 3 is 2.56 bits per heavy atom. The number of halogens is 1. The van der Waals surface area contributed by atoms with Crippen molar-refractivity contribution >= 4 is 27.3 Å². The molecule has 0 unspecified atom stereocenters. The highest BCUT2D eigenvalue weighted by molar-refractivity contribution is 9.09. The van der Waals surface area contributed by atoms with Crippen LogP contribution in [0.3, 0.4) is 0 Å². The van der Waals surface area contributed by atoms with Crippen LogP contribution in [0.2, 0.25) is 0 Å². The molecular weight excluding hydrogens is 290 g/mol. The molecule has 0 aliphatic carbocycles. The Kier molecular flexibility index (Phi) is 6.03. The van der Waals surface area contributed by atoms with E-state index in [1.165, 1.54) is 17.7 Å². The Balaban J connectivity index is 0.000000357. The first-order valence-electron chi connectivity index (χ1n) is 6.32. The average molecular weight is 312 g/mol. The number of para-hydroxylation sites is 1. The number of alkyl halides is 1. The minimum Gasteiger partial charge on any atom is -0.396 e. The highest BCUT2D eigenvalue weighted by Crippen LogP contribution is 2.37. The van der Waals surface area contributed by atoms with Crippen LogP contribution in [-0.4, -0.2) is 22.8 Å². The fourth-order valence-corrected chi connectivity index (χ4v) is 2.03. The summed E-state index contributed by atoms with van der Waals surface area (Å²) in [6.07, 6.45) is 2.31. The number of rotatable bonds is 1. The van der Waals surface area contributed by atoms with Gasteiger partial charge in [-0.3, -0.25) is 4.99 Å². The summed E-state index contributed by atoms with van der Waals surface area (Å²) in [6, 6.07) is 8.50. The minimum absolute atomic E-state index is 0.236. The van der Waals surface area contributed by atoms with Crippen molar-refractivity contribution in [1.29, 1.82) is 0 Å². The van der Waals surface area contributed by atoms with Gasteiger partial charge in [0.05, 0.1) is 12.3 Å². The second kappa shape index (κ2) is 7.05. The number of hydrogen-bond acceptors (Lipinski definition) is 2. The number of benzene rings is 1. The van der Waals surface area contributed by atoms with E-state index in [1.54, 1.807) is 0 Å². The van der Waals surface area contributed by atoms with Gasteiger partial charge < -0.3 is 5.11 Å². The van der Waals surface area contributed by atoms with Gasteiger partial charge in [-0.15, -0.1) is 0 Å². The topological polar surface area (TPSA) is 32.6 Å². The molecule has 100 valence electrons. The van der Waals surface area contributed by atoms with E-state index in [4.69, 9.17) is 5.11 Å². The lowest BCUT2D eigenvalue weighted by molar-refractivity contribution is 0.324. The molecule has 0 saturated carbocycles. The third kappa shape index (κ3) is 4.21. The Hall–Kier alpha value is -0.670. The van der Waals surface area contributed by atoms with Gasteiger partial charge in [-0.25, -0.2) is 0 Å². The van der Waals surface area contributed by atoms with Crippen LogP contribution in [0.5, 0.6) is 0 Å². The van der Waals surface area contributed by atoms with Crippen molar-refractivity contribution in [1.82, 2.24) is 0 Å². The molecule has 1 N–H and O–H groups in total. The Morgan fingerprint density at radius 1 is 1.33 bits per heavy atom. The Bertz CT molecular complexity index is 411. The van der Waals surface area contributed by atoms with Crippen LogP contribution in [0.25, 0.3) is 0 Å². The standard InChI is InChI=1S/C13H17N.C2H5BrO/c1-10-8-9-13(2,3)11-6-4-5-7-12(11)14-10;3-1-2-4/h4-7H,8-9H2,1-3H3;4H,1-2H2. The van der Waals surface area contributed by atoms with Gasteiger partial charge >= 0.3 is 0 Å². The molecule has 0 amide bonds. The molecule has 0 spiro atoms. The average Bonchev–Trinajstić information content (AvgIpc) is 2.48. The van der Waals surface area contributed by atoms with E-state index in [0.717, 1.165) is 12.1 Å². The van der Waals surface area contributed by atoms with Crippen molar-refractivity contribution in [2.24, 2.45) is 4.99 Å². The van der Waals surface area contributed by atoms with Crippen molar-refractivity contribution in [3.8, 4) is 0 Å². The molecule has 2 rings (SSSR count). The molecule has 0 bridgehead atoms. The molecule has 0 atom stereocenters. The first-order valence-corrected chi connectivity index (χ1v) is 7.44. The largest absolute Gasteiger partial charge is 0.396 e. The first-order chi connectivity index (χ1) is 8.51. The maximum Gasteiger partial charge on any atom is 0.0666 e.